The van der Waals surface area contributed by atoms with E-state index in [-0.39, 0.29) is 11.9 Å². The molecule has 36 heavy (non-hydrogen) atoms. The Morgan fingerprint density at radius 3 is 2.25 bits per heavy atom. The quantitative estimate of drug-likeness (QED) is 0.505. The number of aliphatic carboxylic acids is 1. The summed E-state index contributed by atoms with van der Waals surface area (Å²) in [6.45, 7) is 1.71. The third kappa shape index (κ3) is 5.08. The fraction of sp³-hybridized carbons (Fsp3) is 0.333. The van der Waals surface area contributed by atoms with Gasteiger partial charge in [-0.25, -0.2) is 22.6 Å². The van der Waals surface area contributed by atoms with E-state index in [0.29, 0.717) is 10.8 Å². The minimum absolute atomic E-state index is 0.0153. The minimum atomic E-state index is -5.08. The Bertz CT molecular complexity index is 1360. The van der Waals surface area contributed by atoms with Crippen LogP contribution in [0.3, 0.4) is 0 Å². The van der Waals surface area contributed by atoms with Crippen molar-refractivity contribution in [3.8, 4) is 11.3 Å². The first-order valence-electron chi connectivity index (χ1n) is 11.0. The van der Waals surface area contributed by atoms with Gasteiger partial charge in [-0.05, 0) is 49.1 Å². The SMILES string of the molecule is CS(=O)(=O)c1ccc(N2CCC(C3c4c(F)cccc4-c4cncn43)CC2)cc1.O=C(O)C(F)(F)F. The number of rotatable bonds is 3. The van der Waals surface area contributed by atoms with Crippen LogP contribution in [0.5, 0.6) is 0 Å². The Morgan fingerprint density at radius 2 is 1.69 bits per heavy atom. The standard InChI is InChI=1S/C22H22FN3O2S.C2HF3O2/c1-29(27,28)17-7-5-16(6-8-17)25-11-9-15(10-12-25)22-21-18(3-2-4-19(21)23)20-13-24-14-26(20)22;3-2(4,5)1(6)7/h2-8,13-15,22H,9-12H2,1H3;(H,6,7). The molecule has 1 saturated heterocycles. The topological polar surface area (TPSA) is 92.5 Å². The molecule has 7 nitrogen and oxygen atoms in total. The number of imidazole rings is 1. The van der Waals surface area contributed by atoms with Crippen LogP contribution in [0.25, 0.3) is 11.3 Å². The molecule has 1 unspecified atom stereocenters. The molecular weight excluding hydrogens is 502 g/mol. The van der Waals surface area contributed by atoms with Crippen LogP contribution in [-0.4, -0.2) is 54.6 Å². The number of hydrogen-bond donors (Lipinski definition) is 1. The number of benzene rings is 2. The lowest BCUT2D eigenvalue weighted by molar-refractivity contribution is -0.192. The van der Waals surface area contributed by atoms with E-state index in [4.69, 9.17) is 9.90 Å². The number of carboxylic acid groups (broad SMARTS) is 1. The van der Waals surface area contributed by atoms with Crippen molar-refractivity contribution in [2.75, 3.05) is 24.2 Å². The van der Waals surface area contributed by atoms with Crippen LogP contribution in [0.15, 0.2) is 59.9 Å². The van der Waals surface area contributed by atoms with Crippen LogP contribution in [0, 0.1) is 11.7 Å². The van der Waals surface area contributed by atoms with Gasteiger partial charge in [-0.3, -0.25) is 0 Å². The van der Waals surface area contributed by atoms with Crippen LogP contribution in [-0.2, 0) is 14.6 Å². The van der Waals surface area contributed by atoms with Crippen LogP contribution < -0.4 is 4.90 Å². The van der Waals surface area contributed by atoms with Crippen molar-refractivity contribution < 1.29 is 35.9 Å². The zero-order valence-electron chi connectivity index (χ0n) is 19.1. The van der Waals surface area contributed by atoms with Gasteiger partial charge in [0.15, 0.2) is 9.84 Å². The maximum atomic E-state index is 14.7. The number of nitrogens with zero attached hydrogens (tertiary/aromatic N) is 3. The van der Waals surface area contributed by atoms with E-state index in [9.17, 15) is 26.0 Å². The number of aromatic nitrogens is 2. The predicted octanol–water partition coefficient (Wildman–Crippen LogP) is 4.55. The highest BCUT2D eigenvalue weighted by Gasteiger charge is 2.39. The molecule has 1 aromatic heterocycles. The lowest BCUT2D eigenvalue weighted by Crippen LogP contribution is -2.36. The summed E-state index contributed by atoms with van der Waals surface area (Å²) in [5.74, 6) is -2.57. The number of alkyl halides is 3. The van der Waals surface area contributed by atoms with Crippen LogP contribution in [0.1, 0.15) is 24.4 Å². The first-order chi connectivity index (χ1) is 16.9. The highest BCUT2D eigenvalue weighted by Crippen LogP contribution is 2.46. The van der Waals surface area contributed by atoms with E-state index in [1.165, 1.54) is 6.26 Å². The molecule has 2 aliphatic rings. The third-order valence-electron chi connectivity index (χ3n) is 6.45. The minimum Gasteiger partial charge on any atom is -0.475 e. The zero-order chi connectivity index (χ0) is 26.3. The summed E-state index contributed by atoms with van der Waals surface area (Å²) in [6, 6.07) is 12.3. The van der Waals surface area contributed by atoms with Crippen LogP contribution >= 0.6 is 0 Å². The maximum absolute atomic E-state index is 14.7. The van der Waals surface area contributed by atoms with Gasteiger partial charge in [0, 0.05) is 36.2 Å². The Morgan fingerprint density at radius 1 is 1.08 bits per heavy atom. The van der Waals surface area contributed by atoms with E-state index >= 15 is 0 Å². The van der Waals surface area contributed by atoms with Crippen molar-refractivity contribution in [3.05, 3.63) is 66.4 Å². The van der Waals surface area contributed by atoms with Crippen molar-refractivity contribution in [1.29, 1.82) is 0 Å². The first-order valence-corrected chi connectivity index (χ1v) is 12.9. The highest BCUT2D eigenvalue weighted by molar-refractivity contribution is 7.90. The molecule has 1 fully saturated rings. The summed E-state index contributed by atoms with van der Waals surface area (Å²) in [4.78, 5) is 15.8. The van der Waals surface area contributed by atoms with Gasteiger partial charge in [0.05, 0.1) is 29.2 Å². The molecular formula is C24H23F4N3O4S. The molecule has 2 aromatic carbocycles. The second-order valence-corrected chi connectivity index (χ2v) is 10.7. The summed E-state index contributed by atoms with van der Waals surface area (Å²) < 4.78 is 71.9. The maximum Gasteiger partial charge on any atom is 0.490 e. The summed E-state index contributed by atoms with van der Waals surface area (Å²) in [6.07, 6.45) is 1.64. The first kappa shape index (κ1) is 25.7. The number of sulfone groups is 1. The zero-order valence-corrected chi connectivity index (χ0v) is 19.9. The second-order valence-electron chi connectivity index (χ2n) is 8.73. The van der Waals surface area contributed by atoms with E-state index in [2.05, 4.69) is 14.5 Å². The Hall–Kier alpha value is -3.41. The Balaban J connectivity index is 0.000000384. The van der Waals surface area contributed by atoms with Crippen LogP contribution in [0.4, 0.5) is 23.2 Å². The molecule has 0 bridgehead atoms. The molecule has 5 rings (SSSR count). The number of anilines is 1. The van der Waals surface area contributed by atoms with Gasteiger partial charge in [0.2, 0.25) is 0 Å². The van der Waals surface area contributed by atoms with Gasteiger partial charge in [0.25, 0.3) is 0 Å². The van der Waals surface area contributed by atoms with Crippen molar-refractivity contribution in [1.82, 2.24) is 9.55 Å². The Labute approximate surface area is 204 Å². The molecule has 2 aliphatic heterocycles. The fourth-order valence-electron chi connectivity index (χ4n) is 4.78. The molecule has 0 aliphatic carbocycles. The number of hydrogen-bond acceptors (Lipinski definition) is 5. The van der Waals surface area contributed by atoms with Gasteiger partial charge in [-0.2, -0.15) is 13.2 Å². The molecule has 12 heteroatoms. The molecule has 0 spiro atoms. The largest absolute Gasteiger partial charge is 0.490 e. The molecule has 0 saturated carbocycles. The normalized spacial score (nSPS) is 17.7. The molecule has 0 radical (unpaired) electrons. The Kier molecular flexibility index (Phi) is 6.82. The third-order valence-corrected chi connectivity index (χ3v) is 7.58. The van der Waals surface area contributed by atoms with Crippen molar-refractivity contribution >= 4 is 21.5 Å². The van der Waals surface area contributed by atoms with Crippen molar-refractivity contribution in [2.24, 2.45) is 5.92 Å². The number of fused-ring (bicyclic) bond motifs is 3. The average Bonchev–Trinajstić information content (AvgIpc) is 3.40. The van der Waals surface area contributed by atoms with E-state index in [0.717, 1.165) is 48.4 Å². The predicted molar refractivity (Wildman–Crippen MR) is 124 cm³/mol. The number of piperidine rings is 1. The summed E-state index contributed by atoms with van der Waals surface area (Å²) in [5.41, 5.74) is 3.76. The molecule has 3 aromatic rings. The van der Waals surface area contributed by atoms with Crippen molar-refractivity contribution in [2.45, 2.75) is 30.0 Å². The molecule has 3 heterocycles. The number of carbonyl (C=O) groups is 1. The summed E-state index contributed by atoms with van der Waals surface area (Å²) in [5, 5.41) is 7.12. The van der Waals surface area contributed by atoms with E-state index < -0.39 is 22.0 Å². The van der Waals surface area contributed by atoms with Gasteiger partial charge < -0.3 is 14.6 Å². The number of halogens is 4. The summed E-state index contributed by atoms with van der Waals surface area (Å²) in [7, 11) is -3.19. The monoisotopic (exact) mass is 525 g/mol. The van der Waals surface area contributed by atoms with Gasteiger partial charge >= 0.3 is 12.1 Å². The number of carboxylic acids is 1. The second kappa shape index (κ2) is 9.57. The lowest BCUT2D eigenvalue weighted by atomic mass is 9.85. The van der Waals surface area contributed by atoms with E-state index in [1.807, 2.05) is 30.7 Å². The molecule has 1 N–H and O–H groups in total. The smallest absolute Gasteiger partial charge is 0.475 e. The van der Waals surface area contributed by atoms with E-state index in [1.54, 1.807) is 24.3 Å². The molecule has 0 amide bonds. The molecule has 1 atom stereocenters. The van der Waals surface area contributed by atoms with Gasteiger partial charge in [-0.15, -0.1) is 0 Å². The highest BCUT2D eigenvalue weighted by atomic mass is 32.2. The van der Waals surface area contributed by atoms with Crippen LogP contribution in [0.2, 0.25) is 0 Å². The van der Waals surface area contributed by atoms with Crippen molar-refractivity contribution in [3.63, 3.8) is 0 Å². The average molecular weight is 526 g/mol. The molecule has 192 valence electrons. The lowest BCUT2D eigenvalue weighted by Gasteiger charge is -2.37. The fourth-order valence-corrected chi connectivity index (χ4v) is 5.41. The summed E-state index contributed by atoms with van der Waals surface area (Å²) >= 11 is 0. The van der Waals surface area contributed by atoms with Gasteiger partial charge in [0.1, 0.15) is 5.82 Å². The van der Waals surface area contributed by atoms with Gasteiger partial charge in [-0.1, -0.05) is 12.1 Å².